The molecule has 0 rings (SSSR count). The minimum absolute atomic E-state index is 0.245. The van der Waals surface area contributed by atoms with Crippen molar-refractivity contribution in [1.29, 1.82) is 0 Å². The van der Waals surface area contributed by atoms with Crippen LogP contribution in [0.1, 0.15) is 13.8 Å². The van der Waals surface area contributed by atoms with E-state index in [0.717, 1.165) is 6.61 Å². The molecule has 0 aromatic rings. The van der Waals surface area contributed by atoms with Gasteiger partial charge in [-0.2, -0.15) is 0 Å². The summed E-state index contributed by atoms with van der Waals surface area (Å²) in [6.45, 7) is 4.14. The third-order valence-corrected chi connectivity index (χ3v) is 0.576. The summed E-state index contributed by atoms with van der Waals surface area (Å²) in [6, 6.07) is 0. The summed E-state index contributed by atoms with van der Waals surface area (Å²) in [7, 11) is 3.03. The monoisotopic (exact) mass is 134 g/mol. The topological polar surface area (TPSA) is 35.5 Å². The van der Waals surface area contributed by atoms with Crippen LogP contribution in [0.25, 0.3) is 0 Å². The molecule has 0 aromatic carbocycles. The van der Waals surface area contributed by atoms with Crippen LogP contribution in [0.5, 0.6) is 0 Å². The van der Waals surface area contributed by atoms with Crippen molar-refractivity contribution in [2.75, 3.05) is 20.8 Å². The first-order valence-electron chi connectivity index (χ1n) is 2.72. The van der Waals surface area contributed by atoms with Gasteiger partial charge in [0.05, 0.1) is 7.11 Å². The first-order valence-corrected chi connectivity index (χ1v) is 2.72. The number of carbonyl (C=O) groups excluding carboxylic acids is 1. The van der Waals surface area contributed by atoms with E-state index in [-0.39, 0.29) is 5.97 Å². The average Bonchev–Trinajstić information content (AvgIpc) is 1.89. The second-order valence-electron chi connectivity index (χ2n) is 1.27. The molecule has 0 aromatic heterocycles. The smallest absolute Gasteiger partial charge is 0.302 e. The van der Waals surface area contributed by atoms with Gasteiger partial charge in [0, 0.05) is 20.6 Å². The Balaban J connectivity index is 0. The van der Waals surface area contributed by atoms with Gasteiger partial charge in [-0.25, -0.2) is 0 Å². The predicted octanol–water partition coefficient (Wildman–Crippen LogP) is 0.832. The third kappa shape index (κ3) is 37.1. The van der Waals surface area contributed by atoms with Gasteiger partial charge < -0.3 is 9.47 Å². The second kappa shape index (κ2) is 10.4. The maximum Gasteiger partial charge on any atom is 0.302 e. The maximum atomic E-state index is 9.59. The number of hydrogen-bond acceptors (Lipinski definition) is 3. The highest BCUT2D eigenvalue weighted by molar-refractivity contribution is 5.65. The predicted molar refractivity (Wildman–Crippen MR) is 35.2 cm³/mol. The number of rotatable bonds is 1. The lowest BCUT2D eigenvalue weighted by molar-refractivity contribution is -0.137. The molecule has 0 bridgehead atoms. The lowest BCUT2D eigenvalue weighted by atomic mass is 10.8. The first kappa shape index (κ1) is 11.3. The van der Waals surface area contributed by atoms with Gasteiger partial charge in [0.25, 0.3) is 0 Å². The Morgan fingerprint density at radius 2 is 1.67 bits per heavy atom. The van der Waals surface area contributed by atoms with Gasteiger partial charge in [-0.3, -0.25) is 4.79 Å². The van der Waals surface area contributed by atoms with E-state index in [1.165, 1.54) is 14.0 Å². The number of esters is 1. The van der Waals surface area contributed by atoms with Crippen LogP contribution in [0.3, 0.4) is 0 Å². The van der Waals surface area contributed by atoms with Gasteiger partial charge in [-0.05, 0) is 6.92 Å². The molecule has 0 N–H and O–H groups in total. The quantitative estimate of drug-likeness (QED) is 0.498. The minimum atomic E-state index is -0.245. The van der Waals surface area contributed by atoms with E-state index in [2.05, 4.69) is 9.47 Å². The first-order chi connectivity index (χ1) is 4.18. The lowest BCUT2D eigenvalue weighted by Crippen LogP contribution is -1.88. The summed E-state index contributed by atoms with van der Waals surface area (Å²) in [6.07, 6.45) is 0. The minimum Gasteiger partial charge on any atom is -0.469 e. The summed E-state index contributed by atoms with van der Waals surface area (Å²) in [5.74, 6) is -0.245. The fourth-order valence-corrected chi connectivity index (χ4v) is 0. The van der Waals surface area contributed by atoms with E-state index >= 15 is 0 Å². The van der Waals surface area contributed by atoms with Crippen LogP contribution in [-0.2, 0) is 14.3 Å². The van der Waals surface area contributed by atoms with Crippen LogP contribution in [-0.4, -0.2) is 26.8 Å². The van der Waals surface area contributed by atoms with Gasteiger partial charge >= 0.3 is 5.97 Å². The third-order valence-electron chi connectivity index (χ3n) is 0.576. The molecule has 0 saturated heterocycles. The van der Waals surface area contributed by atoms with E-state index < -0.39 is 0 Å². The highest BCUT2D eigenvalue weighted by Crippen LogP contribution is 1.60. The molecule has 0 heterocycles. The zero-order chi connectivity index (χ0) is 7.70. The van der Waals surface area contributed by atoms with Crippen molar-refractivity contribution in [2.45, 2.75) is 13.8 Å². The Hall–Kier alpha value is -0.570. The zero-order valence-electron chi connectivity index (χ0n) is 6.43. The van der Waals surface area contributed by atoms with Gasteiger partial charge in [0.1, 0.15) is 0 Å². The van der Waals surface area contributed by atoms with Crippen molar-refractivity contribution in [1.82, 2.24) is 0 Å². The van der Waals surface area contributed by atoms with Crippen molar-refractivity contribution in [3.8, 4) is 0 Å². The summed E-state index contributed by atoms with van der Waals surface area (Å²) in [5.41, 5.74) is 0. The molecule has 0 atom stereocenters. The van der Waals surface area contributed by atoms with Crippen LogP contribution in [0.4, 0.5) is 0 Å². The molecule has 3 heteroatoms. The molecule has 0 amide bonds. The van der Waals surface area contributed by atoms with E-state index in [1.807, 2.05) is 6.92 Å². The molecular formula is C6H14O3. The Labute approximate surface area is 56.0 Å². The van der Waals surface area contributed by atoms with Crippen LogP contribution >= 0.6 is 0 Å². The molecule has 0 aliphatic rings. The van der Waals surface area contributed by atoms with Gasteiger partial charge in [0.15, 0.2) is 0 Å². The largest absolute Gasteiger partial charge is 0.469 e. The normalized spacial score (nSPS) is 7.11. The van der Waals surface area contributed by atoms with E-state index in [4.69, 9.17) is 0 Å². The molecule has 0 radical (unpaired) electrons. The lowest BCUT2D eigenvalue weighted by Gasteiger charge is -1.80. The molecule has 9 heavy (non-hydrogen) atoms. The van der Waals surface area contributed by atoms with Crippen LogP contribution in [0, 0.1) is 0 Å². The number of ether oxygens (including phenoxy) is 2. The Morgan fingerprint density at radius 1 is 1.44 bits per heavy atom. The standard InChI is InChI=1S/C3H6O2.C3H8O/c1-3(4)5-2;1-3-4-2/h1-2H3;3H2,1-2H3. The summed E-state index contributed by atoms with van der Waals surface area (Å²) < 4.78 is 8.65. The SMILES string of the molecule is CCOC.COC(C)=O. The number of methoxy groups -OCH3 is 2. The molecule has 0 aliphatic carbocycles. The van der Waals surface area contributed by atoms with Crippen LogP contribution in [0.2, 0.25) is 0 Å². The van der Waals surface area contributed by atoms with Crippen LogP contribution < -0.4 is 0 Å². The zero-order valence-corrected chi connectivity index (χ0v) is 6.43. The summed E-state index contributed by atoms with van der Waals surface area (Å²) in [5, 5.41) is 0. The molecule has 0 saturated carbocycles. The molecule has 3 nitrogen and oxygen atoms in total. The fraction of sp³-hybridized carbons (Fsp3) is 0.833. The second-order valence-corrected chi connectivity index (χ2v) is 1.27. The van der Waals surface area contributed by atoms with Crippen molar-refractivity contribution in [3.63, 3.8) is 0 Å². The van der Waals surface area contributed by atoms with E-state index in [0.29, 0.717) is 0 Å². The van der Waals surface area contributed by atoms with E-state index in [9.17, 15) is 4.79 Å². The van der Waals surface area contributed by atoms with Crippen molar-refractivity contribution in [2.24, 2.45) is 0 Å². The van der Waals surface area contributed by atoms with Gasteiger partial charge in [0.2, 0.25) is 0 Å². The molecular weight excluding hydrogens is 120 g/mol. The Morgan fingerprint density at radius 3 is 1.67 bits per heavy atom. The van der Waals surface area contributed by atoms with E-state index in [1.54, 1.807) is 7.11 Å². The number of carbonyl (C=O) groups is 1. The van der Waals surface area contributed by atoms with Crippen molar-refractivity contribution >= 4 is 5.97 Å². The highest BCUT2D eigenvalue weighted by Gasteiger charge is 1.75. The molecule has 0 fully saturated rings. The van der Waals surface area contributed by atoms with Crippen molar-refractivity contribution < 1.29 is 14.3 Å². The van der Waals surface area contributed by atoms with Gasteiger partial charge in [-0.1, -0.05) is 0 Å². The maximum absolute atomic E-state index is 9.59. The summed E-state index contributed by atoms with van der Waals surface area (Å²) in [4.78, 5) is 9.59. The van der Waals surface area contributed by atoms with Gasteiger partial charge in [-0.15, -0.1) is 0 Å². The fourth-order valence-electron chi connectivity index (χ4n) is 0. The number of hydrogen-bond donors (Lipinski definition) is 0. The molecule has 56 valence electrons. The van der Waals surface area contributed by atoms with Crippen LogP contribution in [0.15, 0.2) is 0 Å². The Kier molecular flexibility index (Phi) is 13.0. The molecule has 0 unspecified atom stereocenters. The Bertz CT molecular complexity index is 59.3. The molecule has 0 aliphatic heterocycles. The molecule has 0 spiro atoms. The van der Waals surface area contributed by atoms with Crippen molar-refractivity contribution in [3.05, 3.63) is 0 Å². The highest BCUT2D eigenvalue weighted by atomic mass is 16.5. The summed E-state index contributed by atoms with van der Waals surface area (Å²) >= 11 is 0. The average molecular weight is 134 g/mol.